The highest BCUT2D eigenvalue weighted by Gasteiger charge is 2.35. The van der Waals surface area contributed by atoms with Crippen molar-refractivity contribution in [3.63, 3.8) is 0 Å². The van der Waals surface area contributed by atoms with Crippen molar-refractivity contribution in [2.45, 2.75) is 31.7 Å². The van der Waals surface area contributed by atoms with Crippen molar-refractivity contribution in [3.8, 4) is 0 Å². The zero-order valence-electron chi connectivity index (χ0n) is 16.2. The Balaban J connectivity index is 1.40. The van der Waals surface area contributed by atoms with Crippen LogP contribution in [0.15, 0.2) is 54.6 Å². The Morgan fingerprint density at radius 1 is 1.03 bits per heavy atom. The number of nitrogens with one attached hydrogen (secondary N) is 4. The van der Waals surface area contributed by atoms with Gasteiger partial charge in [-0.25, -0.2) is 4.79 Å². The van der Waals surface area contributed by atoms with E-state index in [9.17, 15) is 14.7 Å². The lowest BCUT2D eigenvalue weighted by Gasteiger charge is -2.19. The monoisotopic (exact) mass is 398 g/mol. The van der Waals surface area contributed by atoms with Gasteiger partial charge in [-0.1, -0.05) is 30.3 Å². The Morgan fingerprint density at radius 3 is 2.41 bits per heavy atom. The average Bonchev–Trinajstić information content (AvgIpc) is 3.06. The standard InChI is InChI=1S/C21H26N4O4/c1-14(26)24-17-9-7-15(8-10-17)11-22-18-13-29-19(20(18)27)12-23-21(28)25-16-5-3-2-4-6-16/h2-10,18-20,22,27H,11-13H2,1H3,(H,24,26)(H2,23,25,28). The number of para-hydroxylation sites is 1. The van der Waals surface area contributed by atoms with Crippen LogP contribution >= 0.6 is 0 Å². The number of carbonyl (C=O) groups is 2. The van der Waals surface area contributed by atoms with Crippen LogP contribution in [0.1, 0.15) is 12.5 Å². The maximum Gasteiger partial charge on any atom is 0.319 e. The van der Waals surface area contributed by atoms with E-state index in [1.54, 1.807) is 12.1 Å². The van der Waals surface area contributed by atoms with Gasteiger partial charge in [-0.3, -0.25) is 4.79 Å². The minimum Gasteiger partial charge on any atom is -0.389 e. The second-order valence-electron chi connectivity index (χ2n) is 6.93. The van der Waals surface area contributed by atoms with Gasteiger partial charge in [0.2, 0.25) is 5.91 Å². The Hall–Kier alpha value is -2.94. The molecular formula is C21H26N4O4. The summed E-state index contributed by atoms with van der Waals surface area (Å²) in [5.74, 6) is -0.112. The highest BCUT2D eigenvalue weighted by molar-refractivity contribution is 5.89. The number of hydrogen-bond donors (Lipinski definition) is 5. The number of amides is 3. The Kier molecular flexibility index (Phi) is 7.18. The van der Waals surface area contributed by atoms with Gasteiger partial charge in [-0.2, -0.15) is 0 Å². The van der Waals surface area contributed by atoms with E-state index in [0.717, 1.165) is 11.3 Å². The van der Waals surface area contributed by atoms with Crippen molar-refractivity contribution in [2.75, 3.05) is 23.8 Å². The van der Waals surface area contributed by atoms with Gasteiger partial charge in [-0.15, -0.1) is 0 Å². The highest BCUT2D eigenvalue weighted by atomic mass is 16.5. The number of urea groups is 1. The van der Waals surface area contributed by atoms with Crippen LogP contribution in [0.5, 0.6) is 0 Å². The summed E-state index contributed by atoms with van der Waals surface area (Å²) in [6, 6.07) is 16.0. The largest absolute Gasteiger partial charge is 0.389 e. The molecule has 2 aromatic carbocycles. The van der Waals surface area contributed by atoms with Gasteiger partial charge in [0.05, 0.1) is 18.8 Å². The summed E-state index contributed by atoms with van der Waals surface area (Å²) in [5.41, 5.74) is 2.46. The third kappa shape index (κ3) is 6.28. The summed E-state index contributed by atoms with van der Waals surface area (Å²) in [6.07, 6.45) is -1.21. The highest BCUT2D eigenvalue weighted by Crippen LogP contribution is 2.16. The van der Waals surface area contributed by atoms with E-state index in [1.165, 1.54) is 6.92 Å². The minimum absolute atomic E-state index is 0.112. The number of ether oxygens (including phenoxy) is 1. The summed E-state index contributed by atoms with van der Waals surface area (Å²) in [7, 11) is 0. The molecule has 1 aliphatic heterocycles. The molecular weight excluding hydrogens is 372 g/mol. The topological polar surface area (TPSA) is 112 Å². The van der Waals surface area contributed by atoms with Gasteiger partial charge >= 0.3 is 6.03 Å². The van der Waals surface area contributed by atoms with Crippen molar-refractivity contribution >= 4 is 23.3 Å². The molecule has 154 valence electrons. The zero-order valence-corrected chi connectivity index (χ0v) is 16.2. The maximum atomic E-state index is 12.0. The van der Waals surface area contributed by atoms with Crippen molar-refractivity contribution < 1.29 is 19.4 Å². The van der Waals surface area contributed by atoms with E-state index >= 15 is 0 Å². The predicted octanol–water partition coefficient (Wildman–Crippen LogP) is 1.68. The van der Waals surface area contributed by atoms with Gasteiger partial charge < -0.3 is 31.1 Å². The Morgan fingerprint density at radius 2 is 1.72 bits per heavy atom. The van der Waals surface area contributed by atoms with Crippen LogP contribution in [0.25, 0.3) is 0 Å². The molecule has 3 unspecified atom stereocenters. The second kappa shape index (κ2) is 10.0. The summed E-state index contributed by atoms with van der Waals surface area (Å²) < 4.78 is 5.63. The molecule has 1 heterocycles. The van der Waals surface area contributed by atoms with Crippen LogP contribution in [-0.2, 0) is 16.1 Å². The molecule has 1 aliphatic rings. The summed E-state index contributed by atoms with van der Waals surface area (Å²) >= 11 is 0. The van der Waals surface area contributed by atoms with Crippen molar-refractivity contribution in [1.82, 2.24) is 10.6 Å². The molecule has 3 rings (SSSR count). The van der Waals surface area contributed by atoms with Crippen molar-refractivity contribution in [1.29, 1.82) is 0 Å². The zero-order chi connectivity index (χ0) is 20.6. The number of anilines is 2. The molecule has 5 N–H and O–H groups in total. The van der Waals surface area contributed by atoms with E-state index in [0.29, 0.717) is 18.8 Å². The molecule has 8 heteroatoms. The first-order valence-electron chi connectivity index (χ1n) is 9.51. The van der Waals surface area contributed by atoms with E-state index in [2.05, 4.69) is 21.3 Å². The third-order valence-corrected chi connectivity index (χ3v) is 4.62. The fraction of sp³-hybridized carbons (Fsp3) is 0.333. The predicted molar refractivity (Wildman–Crippen MR) is 111 cm³/mol. The molecule has 0 aliphatic carbocycles. The lowest BCUT2D eigenvalue weighted by molar-refractivity contribution is -0.114. The van der Waals surface area contributed by atoms with Crippen LogP contribution < -0.4 is 21.3 Å². The van der Waals surface area contributed by atoms with Crippen molar-refractivity contribution in [3.05, 3.63) is 60.2 Å². The van der Waals surface area contributed by atoms with E-state index in [1.807, 2.05) is 42.5 Å². The van der Waals surface area contributed by atoms with Gasteiger partial charge in [0, 0.05) is 31.4 Å². The first kappa shape index (κ1) is 20.8. The van der Waals surface area contributed by atoms with Gasteiger partial charge in [0.25, 0.3) is 0 Å². The second-order valence-corrected chi connectivity index (χ2v) is 6.93. The number of aliphatic hydroxyl groups excluding tert-OH is 1. The minimum atomic E-state index is -0.731. The summed E-state index contributed by atoms with van der Waals surface area (Å²) in [6.45, 7) is 2.59. The van der Waals surface area contributed by atoms with Crippen LogP contribution in [0, 0.1) is 0 Å². The molecule has 1 fully saturated rings. The SMILES string of the molecule is CC(=O)Nc1ccc(CNC2COC(CNC(=O)Nc3ccccc3)C2O)cc1. The van der Waals surface area contributed by atoms with E-state index < -0.39 is 12.2 Å². The molecule has 0 saturated carbocycles. The van der Waals surface area contributed by atoms with Gasteiger partial charge in [0.1, 0.15) is 6.10 Å². The molecule has 2 aromatic rings. The molecule has 3 atom stereocenters. The quantitative estimate of drug-likeness (QED) is 0.487. The normalized spacial score (nSPS) is 20.8. The Labute approximate surface area is 169 Å². The first-order chi connectivity index (χ1) is 14.0. The molecule has 0 spiro atoms. The molecule has 0 radical (unpaired) electrons. The maximum absolute atomic E-state index is 12.0. The van der Waals surface area contributed by atoms with Crippen LogP contribution in [0.4, 0.5) is 16.2 Å². The fourth-order valence-electron chi connectivity index (χ4n) is 3.09. The van der Waals surface area contributed by atoms with Gasteiger partial charge in [0.15, 0.2) is 0 Å². The first-order valence-corrected chi connectivity index (χ1v) is 9.51. The smallest absolute Gasteiger partial charge is 0.319 e. The molecule has 29 heavy (non-hydrogen) atoms. The average molecular weight is 398 g/mol. The fourth-order valence-corrected chi connectivity index (χ4v) is 3.09. The number of rotatable bonds is 7. The summed E-state index contributed by atoms with van der Waals surface area (Å²) in [5, 5.41) is 21.9. The van der Waals surface area contributed by atoms with Crippen molar-refractivity contribution in [2.24, 2.45) is 0 Å². The van der Waals surface area contributed by atoms with E-state index in [4.69, 9.17) is 4.74 Å². The van der Waals surface area contributed by atoms with Gasteiger partial charge in [-0.05, 0) is 29.8 Å². The van der Waals surface area contributed by atoms with Crippen LogP contribution in [0.3, 0.4) is 0 Å². The number of hydrogen-bond acceptors (Lipinski definition) is 5. The number of carbonyl (C=O) groups excluding carboxylic acids is 2. The van der Waals surface area contributed by atoms with E-state index in [-0.39, 0.29) is 24.5 Å². The lowest BCUT2D eigenvalue weighted by atomic mass is 10.1. The molecule has 0 aromatic heterocycles. The molecule has 8 nitrogen and oxygen atoms in total. The van der Waals surface area contributed by atoms with Crippen LogP contribution in [-0.4, -0.2) is 48.4 Å². The third-order valence-electron chi connectivity index (χ3n) is 4.62. The molecule has 0 bridgehead atoms. The number of benzene rings is 2. The lowest BCUT2D eigenvalue weighted by Crippen LogP contribution is -2.45. The van der Waals surface area contributed by atoms with Crippen LogP contribution in [0.2, 0.25) is 0 Å². The molecule has 1 saturated heterocycles. The summed E-state index contributed by atoms with van der Waals surface area (Å²) in [4.78, 5) is 23.0. The Bertz CT molecular complexity index is 813. The number of aliphatic hydroxyl groups is 1. The molecule has 3 amide bonds.